The molecule has 0 aliphatic heterocycles. The molecule has 1 saturated carbocycles. The second-order valence-corrected chi connectivity index (χ2v) is 4.44. The van der Waals surface area contributed by atoms with Crippen LogP contribution in [0.15, 0.2) is 18.2 Å². The van der Waals surface area contributed by atoms with Gasteiger partial charge in [0.2, 0.25) is 0 Å². The highest BCUT2D eigenvalue weighted by Crippen LogP contribution is 2.33. The van der Waals surface area contributed by atoms with Crippen molar-refractivity contribution >= 4 is 11.9 Å². The molecule has 5 nitrogen and oxygen atoms in total. The van der Waals surface area contributed by atoms with E-state index in [4.69, 9.17) is 9.84 Å². The highest BCUT2D eigenvalue weighted by atomic mass is 19.1. The van der Waals surface area contributed by atoms with Gasteiger partial charge in [-0.15, -0.1) is 0 Å². The van der Waals surface area contributed by atoms with E-state index in [1.54, 1.807) is 0 Å². The van der Waals surface area contributed by atoms with Crippen molar-refractivity contribution in [2.75, 3.05) is 7.11 Å². The SMILES string of the molecule is COc1cccc(F)c1C(=O)N[C@H](C(=O)O)C1CC1. The molecular formula is C13H14FNO4. The number of hydrogen-bond donors (Lipinski definition) is 2. The molecule has 1 aromatic rings. The van der Waals surface area contributed by atoms with E-state index < -0.39 is 23.7 Å². The van der Waals surface area contributed by atoms with Crippen molar-refractivity contribution in [2.45, 2.75) is 18.9 Å². The first kappa shape index (κ1) is 13.3. The number of methoxy groups -OCH3 is 1. The fourth-order valence-corrected chi connectivity index (χ4v) is 1.92. The molecule has 0 aromatic heterocycles. The van der Waals surface area contributed by atoms with Gasteiger partial charge in [0.25, 0.3) is 5.91 Å². The normalized spacial score (nSPS) is 15.7. The maximum absolute atomic E-state index is 13.7. The standard InChI is InChI=1S/C13H14FNO4/c1-19-9-4-2-3-8(14)10(9)12(16)15-11(13(17)18)7-5-6-7/h2-4,7,11H,5-6H2,1H3,(H,15,16)(H,17,18)/t11-/m0/s1. The second-order valence-electron chi connectivity index (χ2n) is 4.44. The van der Waals surface area contributed by atoms with Crippen LogP contribution < -0.4 is 10.1 Å². The Balaban J connectivity index is 2.22. The Morgan fingerprint density at radius 2 is 2.16 bits per heavy atom. The number of aliphatic carboxylic acids is 1. The molecule has 1 atom stereocenters. The van der Waals surface area contributed by atoms with Crippen LogP contribution in [-0.2, 0) is 4.79 Å². The van der Waals surface area contributed by atoms with Gasteiger partial charge in [-0.3, -0.25) is 4.79 Å². The molecule has 2 rings (SSSR count). The summed E-state index contributed by atoms with van der Waals surface area (Å²) in [5.74, 6) is -2.60. The summed E-state index contributed by atoms with van der Waals surface area (Å²) in [5.41, 5.74) is -0.267. The van der Waals surface area contributed by atoms with Crippen molar-refractivity contribution in [1.29, 1.82) is 0 Å². The monoisotopic (exact) mass is 267 g/mol. The predicted octanol–water partition coefficient (Wildman–Crippen LogP) is 1.43. The van der Waals surface area contributed by atoms with Crippen molar-refractivity contribution in [3.05, 3.63) is 29.6 Å². The van der Waals surface area contributed by atoms with E-state index in [-0.39, 0.29) is 17.2 Å². The van der Waals surface area contributed by atoms with Crippen LogP contribution in [0.2, 0.25) is 0 Å². The van der Waals surface area contributed by atoms with E-state index in [0.717, 1.165) is 18.9 Å². The Hall–Kier alpha value is -2.11. The fourth-order valence-electron chi connectivity index (χ4n) is 1.92. The van der Waals surface area contributed by atoms with E-state index in [9.17, 15) is 14.0 Å². The van der Waals surface area contributed by atoms with Gasteiger partial charge in [0.1, 0.15) is 23.2 Å². The Morgan fingerprint density at radius 3 is 2.68 bits per heavy atom. The highest BCUT2D eigenvalue weighted by molar-refractivity contribution is 5.99. The summed E-state index contributed by atoms with van der Waals surface area (Å²) >= 11 is 0. The number of rotatable bonds is 5. The molecule has 0 saturated heterocycles. The molecule has 102 valence electrons. The molecule has 0 bridgehead atoms. The number of carboxylic acids is 1. The molecule has 2 N–H and O–H groups in total. The maximum Gasteiger partial charge on any atom is 0.326 e. The predicted molar refractivity (Wildman–Crippen MR) is 64.6 cm³/mol. The number of nitrogens with one attached hydrogen (secondary N) is 1. The van der Waals surface area contributed by atoms with Crippen LogP contribution in [0.25, 0.3) is 0 Å². The zero-order chi connectivity index (χ0) is 14.0. The van der Waals surface area contributed by atoms with Gasteiger partial charge in [0.15, 0.2) is 0 Å². The third-order valence-corrected chi connectivity index (χ3v) is 3.07. The first-order valence-corrected chi connectivity index (χ1v) is 5.90. The third kappa shape index (κ3) is 2.83. The first-order chi connectivity index (χ1) is 9.04. The molecule has 0 spiro atoms. The van der Waals surface area contributed by atoms with E-state index in [0.29, 0.717) is 0 Å². The van der Waals surface area contributed by atoms with Gasteiger partial charge in [0.05, 0.1) is 7.11 Å². The lowest BCUT2D eigenvalue weighted by Crippen LogP contribution is -2.42. The van der Waals surface area contributed by atoms with Crippen LogP contribution in [0.5, 0.6) is 5.75 Å². The number of carboxylic acid groups (broad SMARTS) is 1. The van der Waals surface area contributed by atoms with Crippen molar-refractivity contribution in [2.24, 2.45) is 5.92 Å². The summed E-state index contributed by atoms with van der Waals surface area (Å²) in [7, 11) is 1.32. The van der Waals surface area contributed by atoms with E-state index in [1.807, 2.05) is 0 Å². The Morgan fingerprint density at radius 1 is 1.47 bits per heavy atom. The average molecular weight is 267 g/mol. The Labute approximate surface area is 109 Å². The maximum atomic E-state index is 13.7. The summed E-state index contributed by atoms with van der Waals surface area (Å²) in [6, 6.07) is 3.02. The minimum atomic E-state index is -1.11. The number of carbonyl (C=O) groups is 2. The number of benzene rings is 1. The quantitative estimate of drug-likeness (QED) is 0.846. The Bertz CT molecular complexity index is 513. The topological polar surface area (TPSA) is 75.6 Å². The second kappa shape index (κ2) is 5.26. The van der Waals surface area contributed by atoms with Gasteiger partial charge < -0.3 is 15.2 Å². The summed E-state index contributed by atoms with van der Waals surface area (Å²) < 4.78 is 18.6. The summed E-state index contributed by atoms with van der Waals surface area (Å²) in [5, 5.41) is 11.4. The summed E-state index contributed by atoms with van der Waals surface area (Å²) in [4.78, 5) is 23.0. The molecule has 1 aliphatic carbocycles. The number of halogens is 1. The number of amides is 1. The molecular weight excluding hydrogens is 253 g/mol. The fraction of sp³-hybridized carbons (Fsp3) is 0.385. The van der Waals surface area contributed by atoms with Crippen LogP contribution in [0.1, 0.15) is 23.2 Å². The molecule has 1 aromatic carbocycles. The van der Waals surface area contributed by atoms with Crippen LogP contribution in [0, 0.1) is 11.7 Å². The van der Waals surface area contributed by atoms with Crippen molar-refractivity contribution < 1.29 is 23.8 Å². The average Bonchev–Trinajstić information content (AvgIpc) is 3.19. The summed E-state index contributed by atoms with van der Waals surface area (Å²) in [6.07, 6.45) is 1.51. The van der Waals surface area contributed by atoms with Crippen molar-refractivity contribution in [1.82, 2.24) is 5.32 Å². The molecule has 19 heavy (non-hydrogen) atoms. The molecule has 6 heteroatoms. The largest absolute Gasteiger partial charge is 0.496 e. The van der Waals surface area contributed by atoms with Crippen LogP contribution >= 0.6 is 0 Å². The molecule has 1 aliphatic rings. The molecule has 0 heterocycles. The van der Waals surface area contributed by atoms with Gasteiger partial charge in [-0.25, -0.2) is 9.18 Å². The zero-order valence-electron chi connectivity index (χ0n) is 10.4. The van der Waals surface area contributed by atoms with Gasteiger partial charge >= 0.3 is 5.97 Å². The van der Waals surface area contributed by atoms with Crippen LogP contribution in [-0.4, -0.2) is 30.1 Å². The van der Waals surface area contributed by atoms with Gasteiger partial charge in [-0.2, -0.15) is 0 Å². The van der Waals surface area contributed by atoms with E-state index in [1.165, 1.54) is 19.2 Å². The van der Waals surface area contributed by atoms with Crippen LogP contribution in [0.3, 0.4) is 0 Å². The van der Waals surface area contributed by atoms with Gasteiger partial charge in [0, 0.05) is 0 Å². The van der Waals surface area contributed by atoms with Crippen molar-refractivity contribution in [3.8, 4) is 5.75 Å². The minimum absolute atomic E-state index is 0.0702. The molecule has 1 amide bonds. The lowest BCUT2D eigenvalue weighted by Gasteiger charge is -2.15. The van der Waals surface area contributed by atoms with Gasteiger partial charge in [-0.1, -0.05) is 6.07 Å². The van der Waals surface area contributed by atoms with Gasteiger partial charge in [-0.05, 0) is 30.9 Å². The smallest absolute Gasteiger partial charge is 0.326 e. The number of carbonyl (C=O) groups excluding carboxylic acids is 1. The highest BCUT2D eigenvalue weighted by Gasteiger charge is 2.38. The zero-order valence-corrected chi connectivity index (χ0v) is 10.4. The van der Waals surface area contributed by atoms with E-state index in [2.05, 4.69) is 5.32 Å². The summed E-state index contributed by atoms with van der Waals surface area (Å²) in [6.45, 7) is 0. The van der Waals surface area contributed by atoms with E-state index >= 15 is 0 Å². The third-order valence-electron chi connectivity index (χ3n) is 3.07. The molecule has 0 radical (unpaired) electrons. The minimum Gasteiger partial charge on any atom is -0.496 e. The number of ether oxygens (including phenoxy) is 1. The molecule has 1 fully saturated rings. The van der Waals surface area contributed by atoms with Crippen molar-refractivity contribution in [3.63, 3.8) is 0 Å². The number of hydrogen-bond acceptors (Lipinski definition) is 3. The van der Waals surface area contributed by atoms with Crippen LogP contribution in [0.4, 0.5) is 4.39 Å². The lowest BCUT2D eigenvalue weighted by atomic mass is 10.1. The lowest BCUT2D eigenvalue weighted by molar-refractivity contribution is -0.139. The molecule has 0 unspecified atom stereocenters. The Kier molecular flexibility index (Phi) is 3.69. The first-order valence-electron chi connectivity index (χ1n) is 5.90.